The number of rotatable bonds is 4. The van der Waals surface area contributed by atoms with E-state index >= 15 is 0 Å². The molecule has 1 aromatic rings. The predicted octanol–water partition coefficient (Wildman–Crippen LogP) is 2.03. The molecule has 3 saturated heterocycles. The highest BCUT2D eigenvalue weighted by atomic mass is 32.2. The number of likely N-dealkylation sites (tertiary alicyclic amines) is 1. The van der Waals surface area contributed by atoms with Gasteiger partial charge >= 0.3 is 0 Å². The average Bonchev–Trinajstić information content (AvgIpc) is 3.21. The van der Waals surface area contributed by atoms with E-state index in [1.807, 2.05) is 41.8 Å². The second kappa shape index (κ2) is 6.65. The molecule has 0 radical (unpaired) electrons. The lowest BCUT2D eigenvalue weighted by Crippen LogP contribution is -2.62. The van der Waals surface area contributed by atoms with Crippen LogP contribution < -0.4 is 0 Å². The van der Waals surface area contributed by atoms with Crippen LogP contribution in [0.4, 0.5) is 0 Å². The van der Waals surface area contributed by atoms with Gasteiger partial charge in [0.05, 0.1) is 35.7 Å². The molecule has 4 heterocycles. The zero-order valence-corrected chi connectivity index (χ0v) is 14.9. The van der Waals surface area contributed by atoms with Crippen LogP contribution in [0.5, 0.6) is 0 Å². The number of hydrogen-bond donors (Lipinski definition) is 0. The highest BCUT2D eigenvalue weighted by Crippen LogP contribution is 2.46. The summed E-state index contributed by atoms with van der Waals surface area (Å²) in [6.07, 6.45) is 2.18. The first-order chi connectivity index (χ1) is 11.6. The van der Waals surface area contributed by atoms with Crippen molar-refractivity contribution in [2.45, 2.75) is 37.2 Å². The number of carbonyl (C=O) groups is 1. The molecule has 6 heteroatoms. The van der Waals surface area contributed by atoms with Gasteiger partial charge in [0, 0.05) is 31.1 Å². The summed E-state index contributed by atoms with van der Waals surface area (Å²) in [6.45, 7) is 5.65. The normalized spacial score (nSPS) is 28.3. The number of thioether (sulfide) groups is 1. The van der Waals surface area contributed by atoms with Crippen LogP contribution in [0.2, 0.25) is 0 Å². The van der Waals surface area contributed by atoms with Crippen molar-refractivity contribution < 1.29 is 14.3 Å². The van der Waals surface area contributed by atoms with E-state index in [1.165, 1.54) is 0 Å². The molecular formula is C18H24N2O3S. The lowest BCUT2D eigenvalue weighted by Gasteiger charge is -2.48. The Bertz CT molecular complexity index is 612. The smallest absolute Gasteiger partial charge is 0.228 e. The van der Waals surface area contributed by atoms with Crippen molar-refractivity contribution in [3.63, 3.8) is 0 Å². The number of carbonyl (C=O) groups excluding carboxylic acids is 1. The Kier molecular flexibility index (Phi) is 4.54. The monoisotopic (exact) mass is 348 g/mol. The molecule has 0 N–H and O–H groups in total. The first kappa shape index (κ1) is 16.4. The largest absolute Gasteiger partial charge is 0.381 e. The Morgan fingerprint density at radius 3 is 3.12 bits per heavy atom. The Hall–Kier alpha value is -1.11. The quantitative estimate of drug-likeness (QED) is 0.833. The first-order valence-corrected chi connectivity index (χ1v) is 9.67. The summed E-state index contributed by atoms with van der Waals surface area (Å²) >= 11 is 1.97. The van der Waals surface area contributed by atoms with E-state index in [1.54, 1.807) is 0 Å². The van der Waals surface area contributed by atoms with Gasteiger partial charge in [-0.05, 0) is 31.9 Å². The van der Waals surface area contributed by atoms with Gasteiger partial charge in [-0.1, -0.05) is 6.07 Å². The fraction of sp³-hybridized carbons (Fsp3) is 0.667. The van der Waals surface area contributed by atoms with Gasteiger partial charge in [0.25, 0.3) is 0 Å². The lowest BCUT2D eigenvalue weighted by atomic mass is 9.91. The van der Waals surface area contributed by atoms with E-state index in [2.05, 4.69) is 4.98 Å². The van der Waals surface area contributed by atoms with Gasteiger partial charge in [0.1, 0.15) is 0 Å². The maximum absolute atomic E-state index is 12.4. The topological polar surface area (TPSA) is 51.7 Å². The molecule has 2 atom stereocenters. The van der Waals surface area contributed by atoms with E-state index in [4.69, 9.17) is 9.47 Å². The van der Waals surface area contributed by atoms with Crippen molar-refractivity contribution in [2.75, 3.05) is 32.1 Å². The number of pyridine rings is 1. The predicted molar refractivity (Wildman–Crippen MR) is 92.9 cm³/mol. The second-order valence-electron chi connectivity index (χ2n) is 7.16. The molecule has 0 aliphatic carbocycles. The minimum atomic E-state index is 0.0909. The van der Waals surface area contributed by atoms with E-state index < -0.39 is 0 Å². The fourth-order valence-electron chi connectivity index (χ4n) is 3.81. The molecule has 3 aliphatic heterocycles. The summed E-state index contributed by atoms with van der Waals surface area (Å²) in [7, 11) is 0. The van der Waals surface area contributed by atoms with Gasteiger partial charge in [-0.2, -0.15) is 0 Å². The number of aryl methyl sites for hydroxylation is 1. The summed E-state index contributed by atoms with van der Waals surface area (Å²) in [6, 6.07) is 6.03. The fourth-order valence-corrected chi connectivity index (χ4v) is 5.36. The van der Waals surface area contributed by atoms with E-state index in [0.29, 0.717) is 13.2 Å². The van der Waals surface area contributed by atoms with Crippen LogP contribution in [-0.2, 0) is 20.9 Å². The molecule has 0 aromatic carbocycles. The van der Waals surface area contributed by atoms with Gasteiger partial charge in [0.15, 0.2) is 0 Å². The van der Waals surface area contributed by atoms with Crippen LogP contribution in [0.3, 0.4) is 0 Å². The molecule has 1 aromatic heterocycles. The molecule has 1 amide bonds. The van der Waals surface area contributed by atoms with Crippen LogP contribution >= 0.6 is 11.8 Å². The van der Waals surface area contributed by atoms with Crippen molar-refractivity contribution in [1.29, 1.82) is 0 Å². The zero-order valence-electron chi connectivity index (χ0n) is 14.1. The molecule has 0 saturated carbocycles. The van der Waals surface area contributed by atoms with Crippen molar-refractivity contribution in [3.05, 3.63) is 29.6 Å². The number of nitrogens with zero attached hydrogens (tertiary/aromatic N) is 2. The molecule has 0 unspecified atom stereocenters. The third-order valence-corrected chi connectivity index (χ3v) is 6.71. The lowest BCUT2D eigenvalue weighted by molar-refractivity contribution is -0.141. The Morgan fingerprint density at radius 1 is 1.50 bits per heavy atom. The Labute approximate surface area is 147 Å². The third-order valence-electron chi connectivity index (χ3n) is 5.14. The minimum absolute atomic E-state index is 0.0909. The molecule has 24 heavy (non-hydrogen) atoms. The number of ether oxygens (including phenoxy) is 2. The van der Waals surface area contributed by atoms with Crippen molar-refractivity contribution in [3.8, 4) is 0 Å². The number of hydrogen-bond acceptors (Lipinski definition) is 5. The number of aromatic nitrogens is 1. The van der Waals surface area contributed by atoms with Crippen LogP contribution in [-0.4, -0.2) is 58.7 Å². The van der Waals surface area contributed by atoms with Gasteiger partial charge in [0.2, 0.25) is 5.91 Å². The van der Waals surface area contributed by atoms with E-state index in [9.17, 15) is 4.79 Å². The maximum atomic E-state index is 12.4. The van der Waals surface area contributed by atoms with Gasteiger partial charge in [-0.3, -0.25) is 9.78 Å². The molecule has 0 bridgehead atoms. The SMILES string of the molecule is Cc1cccc(CO[C@@H]2CSC3(C2)CN(C(=O)[C@H]2CCOC2)C3)n1. The molecule has 1 spiro atoms. The summed E-state index contributed by atoms with van der Waals surface area (Å²) in [5.74, 6) is 1.39. The standard InChI is InChI=1S/C18H24N2O3S/c1-13-3-2-4-15(19-13)9-23-16-7-18(24-10-16)11-20(12-18)17(21)14-5-6-22-8-14/h2-4,14,16H,5-12H2,1H3/t14-,16-/m0/s1. The van der Waals surface area contributed by atoms with Gasteiger partial charge in [-0.15, -0.1) is 11.8 Å². The van der Waals surface area contributed by atoms with Crippen molar-refractivity contribution in [2.24, 2.45) is 5.92 Å². The molecule has 4 rings (SSSR count). The first-order valence-electron chi connectivity index (χ1n) is 8.68. The molecular weight excluding hydrogens is 324 g/mol. The van der Waals surface area contributed by atoms with Crippen LogP contribution in [0.25, 0.3) is 0 Å². The van der Waals surface area contributed by atoms with Crippen molar-refractivity contribution >= 4 is 17.7 Å². The summed E-state index contributed by atoms with van der Waals surface area (Å²) in [5.41, 5.74) is 2.02. The summed E-state index contributed by atoms with van der Waals surface area (Å²) in [4.78, 5) is 18.9. The Morgan fingerprint density at radius 2 is 2.38 bits per heavy atom. The maximum Gasteiger partial charge on any atom is 0.228 e. The molecule has 3 fully saturated rings. The Balaban J connectivity index is 1.24. The van der Waals surface area contributed by atoms with Crippen LogP contribution in [0.15, 0.2) is 18.2 Å². The van der Waals surface area contributed by atoms with E-state index in [-0.39, 0.29) is 22.7 Å². The molecule has 130 valence electrons. The van der Waals surface area contributed by atoms with E-state index in [0.717, 1.165) is 49.7 Å². The van der Waals surface area contributed by atoms with Crippen LogP contribution in [0, 0.1) is 12.8 Å². The zero-order chi connectivity index (χ0) is 16.6. The van der Waals surface area contributed by atoms with Gasteiger partial charge in [-0.25, -0.2) is 0 Å². The average molecular weight is 348 g/mol. The molecule has 3 aliphatic rings. The summed E-state index contributed by atoms with van der Waals surface area (Å²) < 4.78 is 11.6. The third kappa shape index (κ3) is 3.32. The van der Waals surface area contributed by atoms with Crippen LogP contribution in [0.1, 0.15) is 24.2 Å². The minimum Gasteiger partial charge on any atom is -0.381 e. The van der Waals surface area contributed by atoms with Crippen molar-refractivity contribution in [1.82, 2.24) is 9.88 Å². The molecule has 5 nitrogen and oxygen atoms in total. The highest BCUT2D eigenvalue weighted by Gasteiger charge is 2.51. The summed E-state index contributed by atoms with van der Waals surface area (Å²) in [5, 5.41) is 0. The number of amides is 1. The second-order valence-corrected chi connectivity index (χ2v) is 8.64. The highest BCUT2D eigenvalue weighted by molar-refractivity contribution is 8.01. The van der Waals surface area contributed by atoms with Gasteiger partial charge < -0.3 is 14.4 Å².